The molecule has 1 amide bonds. The van der Waals surface area contributed by atoms with Crippen LogP contribution in [0, 0.1) is 0 Å². The summed E-state index contributed by atoms with van der Waals surface area (Å²) in [7, 11) is 2.58. The molecule has 0 saturated heterocycles. The molecule has 6 rings (SSSR count). The number of anilines is 2. The molecule has 11 nitrogen and oxygen atoms in total. The third-order valence-electron chi connectivity index (χ3n) is 7.93. The van der Waals surface area contributed by atoms with E-state index in [2.05, 4.69) is 34.7 Å². The first-order valence-electron chi connectivity index (χ1n) is 16.2. The molecule has 6 aromatic rings. The maximum Gasteiger partial charge on any atom is 0.310 e. The van der Waals surface area contributed by atoms with Crippen molar-refractivity contribution in [3.63, 3.8) is 0 Å². The number of hydrogen-bond donors (Lipinski definition) is 2. The fraction of sp³-hybridized carbons (Fsp3) is 0.154. The molecule has 2 aromatic heterocycles. The number of carbonyl (C=O) groups excluding carboxylic acids is 3. The summed E-state index contributed by atoms with van der Waals surface area (Å²) in [6.45, 7) is 0. The first-order valence-corrected chi connectivity index (χ1v) is 17.7. The minimum atomic E-state index is -0.475. The van der Waals surface area contributed by atoms with Crippen molar-refractivity contribution in [3.8, 4) is 0 Å². The zero-order valence-corrected chi connectivity index (χ0v) is 31.9. The fourth-order valence-corrected chi connectivity index (χ4v) is 6.18. The molecule has 0 radical (unpaired) electrons. The maximum absolute atomic E-state index is 12.6. The molecule has 15 heteroatoms. The molecule has 0 bridgehead atoms. The van der Waals surface area contributed by atoms with Crippen LogP contribution in [0.3, 0.4) is 0 Å². The smallest absolute Gasteiger partial charge is 0.310 e. The number of nitrogens with one attached hydrogen (secondary N) is 1. The summed E-state index contributed by atoms with van der Waals surface area (Å²) < 4.78 is 9.21. The Bertz CT molecular complexity index is 2260. The van der Waals surface area contributed by atoms with Gasteiger partial charge in [0.15, 0.2) is 0 Å². The normalized spacial score (nSPS) is 10.6. The van der Waals surface area contributed by atoms with Gasteiger partial charge in [-0.2, -0.15) is 0 Å². The lowest BCUT2D eigenvalue weighted by atomic mass is 10.1. The van der Waals surface area contributed by atoms with Crippen LogP contribution in [0.1, 0.15) is 44.3 Å². The van der Waals surface area contributed by atoms with E-state index in [1.807, 2.05) is 72.8 Å². The SMILES string of the molecule is COC(=O)Cc1c(Cl)nc(Cc2ccc(N)cc2)nc1Cl.COC(=O)Cc1c(Cl)nc(Cc2ccc(NC(=O)c3ccc4ccccc4c3)cc2)nc1Cl. The number of esters is 2. The highest BCUT2D eigenvalue weighted by atomic mass is 35.5. The number of amides is 1. The van der Waals surface area contributed by atoms with Crippen molar-refractivity contribution in [2.24, 2.45) is 0 Å². The van der Waals surface area contributed by atoms with Crippen molar-refractivity contribution < 1.29 is 23.9 Å². The molecule has 0 unspecified atom stereocenters. The summed E-state index contributed by atoms with van der Waals surface area (Å²) in [4.78, 5) is 52.3. The topological polar surface area (TPSA) is 159 Å². The molecule has 0 spiro atoms. The largest absolute Gasteiger partial charge is 0.469 e. The van der Waals surface area contributed by atoms with Gasteiger partial charge in [-0.1, -0.05) is 101 Å². The van der Waals surface area contributed by atoms with Crippen LogP contribution < -0.4 is 11.1 Å². The van der Waals surface area contributed by atoms with Crippen molar-refractivity contribution in [2.75, 3.05) is 25.3 Å². The Morgan fingerprint density at radius 2 is 1.06 bits per heavy atom. The highest BCUT2D eigenvalue weighted by molar-refractivity contribution is 6.35. The van der Waals surface area contributed by atoms with E-state index in [1.165, 1.54) is 14.2 Å². The number of fused-ring (bicyclic) bond motifs is 1. The van der Waals surface area contributed by atoms with Crippen molar-refractivity contribution in [2.45, 2.75) is 25.7 Å². The van der Waals surface area contributed by atoms with Crippen LogP contribution in [0.5, 0.6) is 0 Å². The maximum atomic E-state index is 12.6. The van der Waals surface area contributed by atoms with Gasteiger partial charge in [0.2, 0.25) is 0 Å². The summed E-state index contributed by atoms with van der Waals surface area (Å²) in [6.07, 6.45) is 0.700. The van der Waals surface area contributed by atoms with Gasteiger partial charge in [-0.05, 0) is 58.3 Å². The van der Waals surface area contributed by atoms with Gasteiger partial charge in [0.1, 0.15) is 32.3 Å². The second-order valence-corrected chi connectivity index (χ2v) is 13.1. The summed E-state index contributed by atoms with van der Waals surface area (Å²) in [5, 5.41) is 5.56. The number of nitrogens with two attached hydrogens (primary N) is 1. The van der Waals surface area contributed by atoms with E-state index in [0.29, 0.717) is 52.6 Å². The van der Waals surface area contributed by atoms with Crippen LogP contribution in [0.4, 0.5) is 11.4 Å². The lowest BCUT2D eigenvalue weighted by Crippen LogP contribution is -2.11. The molecule has 0 aliphatic carbocycles. The van der Waals surface area contributed by atoms with Gasteiger partial charge in [0.25, 0.3) is 5.91 Å². The van der Waals surface area contributed by atoms with Gasteiger partial charge in [-0.15, -0.1) is 0 Å². The van der Waals surface area contributed by atoms with Crippen molar-refractivity contribution in [3.05, 3.63) is 151 Å². The third-order valence-corrected chi connectivity index (χ3v) is 9.18. The molecular weight excluding hydrogens is 774 g/mol. The summed E-state index contributed by atoms with van der Waals surface area (Å²) in [5.41, 5.74) is 10.2. The molecular formula is C39H32Cl4N6O5. The highest BCUT2D eigenvalue weighted by Gasteiger charge is 2.17. The summed E-state index contributed by atoms with van der Waals surface area (Å²) in [6, 6.07) is 28.2. The average Bonchev–Trinajstić information content (AvgIpc) is 3.16. The molecule has 0 aliphatic rings. The summed E-state index contributed by atoms with van der Waals surface area (Å²) in [5.74, 6) is -0.211. The van der Waals surface area contributed by atoms with Crippen molar-refractivity contribution in [1.29, 1.82) is 0 Å². The number of ether oxygens (including phenoxy) is 2. The fourth-order valence-electron chi connectivity index (χ4n) is 5.07. The van der Waals surface area contributed by atoms with E-state index in [4.69, 9.17) is 52.1 Å². The van der Waals surface area contributed by atoms with Gasteiger partial charge in [0, 0.05) is 40.9 Å². The van der Waals surface area contributed by atoms with Crippen molar-refractivity contribution in [1.82, 2.24) is 19.9 Å². The number of nitrogen functional groups attached to an aromatic ring is 1. The molecule has 0 atom stereocenters. The zero-order chi connectivity index (χ0) is 38.8. The van der Waals surface area contributed by atoms with E-state index in [0.717, 1.165) is 21.9 Å². The lowest BCUT2D eigenvalue weighted by molar-refractivity contribution is -0.140. The molecule has 4 aromatic carbocycles. The lowest BCUT2D eigenvalue weighted by Gasteiger charge is -2.09. The van der Waals surface area contributed by atoms with Crippen LogP contribution in [0.15, 0.2) is 91.0 Å². The molecule has 276 valence electrons. The minimum absolute atomic E-state index is 0.0592. The molecule has 3 N–H and O–H groups in total. The van der Waals surface area contributed by atoms with E-state index in [-0.39, 0.29) is 39.4 Å². The number of methoxy groups -OCH3 is 2. The second-order valence-electron chi connectivity index (χ2n) is 11.7. The third kappa shape index (κ3) is 10.9. The van der Waals surface area contributed by atoms with E-state index >= 15 is 0 Å². The number of carbonyl (C=O) groups is 3. The van der Waals surface area contributed by atoms with E-state index in [1.54, 1.807) is 18.2 Å². The number of nitrogens with zero attached hydrogens (tertiary/aromatic N) is 4. The number of halogens is 4. The molecule has 0 aliphatic heterocycles. The van der Waals surface area contributed by atoms with Crippen LogP contribution in [-0.2, 0) is 44.7 Å². The van der Waals surface area contributed by atoms with Gasteiger partial charge < -0.3 is 20.5 Å². The van der Waals surface area contributed by atoms with Crippen molar-refractivity contribution >= 4 is 86.4 Å². The predicted octanol–water partition coefficient (Wildman–Crippen LogP) is 8.17. The summed E-state index contributed by atoms with van der Waals surface area (Å²) >= 11 is 24.5. The number of hydrogen-bond acceptors (Lipinski definition) is 10. The minimum Gasteiger partial charge on any atom is -0.469 e. The molecule has 54 heavy (non-hydrogen) atoms. The van der Waals surface area contributed by atoms with Crippen LogP contribution >= 0.6 is 46.4 Å². The van der Waals surface area contributed by atoms with Crippen LogP contribution in [-0.4, -0.2) is 52.0 Å². The predicted molar refractivity (Wildman–Crippen MR) is 210 cm³/mol. The Kier molecular flexibility index (Phi) is 13.7. The van der Waals surface area contributed by atoms with Gasteiger partial charge in [-0.25, -0.2) is 19.9 Å². The Morgan fingerprint density at radius 3 is 1.52 bits per heavy atom. The quantitative estimate of drug-likeness (QED) is 0.0786. The van der Waals surface area contributed by atoms with Gasteiger partial charge >= 0.3 is 11.9 Å². The number of aromatic nitrogens is 4. The Morgan fingerprint density at radius 1 is 0.611 bits per heavy atom. The molecule has 0 saturated carbocycles. The first-order chi connectivity index (χ1) is 25.9. The Labute approximate surface area is 330 Å². The van der Waals surface area contributed by atoms with E-state index in [9.17, 15) is 14.4 Å². The van der Waals surface area contributed by atoms with Gasteiger partial charge in [-0.3, -0.25) is 14.4 Å². The number of benzene rings is 4. The Hall–Kier alpha value is -5.33. The average molecular weight is 807 g/mol. The molecule has 2 heterocycles. The standard InChI is InChI=1S/C25H19Cl2N3O3.C14H13Cl2N3O2/c1-33-22(31)14-20-23(26)29-21(30-24(20)27)12-15-6-10-19(11-7-15)28-25(32)18-9-8-16-4-2-3-5-17(16)13-18;1-21-12(20)7-10-13(15)18-11(19-14(10)16)6-8-2-4-9(17)5-3-8/h2-11,13H,12,14H2,1H3,(H,28,32);2-5H,6-7,17H2,1H3. The number of rotatable bonds is 10. The van der Waals surface area contributed by atoms with E-state index < -0.39 is 11.9 Å². The second kappa shape index (κ2) is 18.6. The van der Waals surface area contributed by atoms with Crippen LogP contribution in [0.2, 0.25) is 20.6 Å². The van der Waals surface area contributed by atoms with Gasteiger partial charge in [0.05, 0.1) is 27.1 Å². The zero-order valence-electron chi connectivity index (χ0n) is 28.9. The Balaban J connectivity index is 0.000000230. The van der Waals surface area contributed by atoms with Crippen LogP contribution in [0.25, 0.3) is 10.8 Å². The highest BCUT2D eigenvalue weighted by Crippen LogP contribution is 2.25. The first kappa shape index (κ1) is 39.9. The monoisotopic (exact) mass is 804 g/mol. The molecule has 0 fully saturated rings.